The summed E-state index contributed by atoms with van der Waals surface area (Å²) in [6, 6.07) is 6.28. The van der Waals surface area contributed by atoms with Gasteiger partial charge in [-0.2, -0.15) is 0 Å². The molecule has 0 unspecified atom stereocenters. The number of hydrogen-bond acceptors (Lipinski definition) is 4. The summed E-state index contributed by atoms with van der Waals surface area (Å²) >= 11 is 0. The van der Waals surface area contributed by atoms with Gasteiger partial charge in [0.25, 0.3) is 0 Å². The maximum absolute atomic E-state index is 5.54. The quantitative estimate of drug-likeness (QED) is 0.896. The molecular weight excluding hydrogens is 238 g/mol. The van der Waals surface area contributed by atoms with Crippen LogP contribution in [0, 0.1) is 13.8 Å². The van der Waals surface area contributed by atoms with Gasteiger partial charge in [0, 0.05) is 24.6 Å². The van der Waals surface area contributed by atoms with Gasteiger partial charge in [0.05, 0.1) is 12.3 Å². The minimum atomic E-state index is 0.779. The molecule has 1 aromatic carbocycles. The average molecular weight is 255 g/mol. The van der Waals surface area contributed by atoms with Crippen molar-refractivity contribution >= 4 is 5.82 Å². The number of aryl methyl sites for hydroxylation is 1. The molecule has 0 bridgehead atoms. The van der Waals surface area contributed by atoms with Gasteiger partial charge in [-0.25, -0.2) is 9.97 Å². The molecule has 0 spiro atoms. The van der Waals surface area contributed by atoms with Gasteiger partial charge in [-0.1, -0.05) is 0 Å². The first-order valence-corrected chi connectivity index (χ1v) is 6.48. The SMILES string of the molecule is CNc1nc(C)nc(-c2ccc3c(c2)CCO3)c1C. The van der Waals surface area contributed by atoms with Crippen LogP contribution in [0.3, 0.4) is 0 Å². The summed E-state index contributed by atoms with van der Waals surface area (Å²) < 4.78 is 5.54. The molecule has 2 aromatic rings. The number of anilines is 1. The fraction of sp³-hybridized carbons (Fsp3) is 0.333. The predicted molar refractivity (Wildman–Crippen MR) is 75.7 cm³/mol. The lowest BCUT2D eigenvalue weighted by Crippen LogP contribution is -2.02. The van der Waals surface area contributed by atoms with Crippen molar-refractivity contribution in [3.63, 3.8) is 0 Å². The summed E-state index contributed by atoms with van der Waals surface area (Å²) in [5.74, 6) is 2.67. The van der Waals surface area contributed by atoms with E-state index in [1.54, 1.807) is 0 Å². The number of nitrogens with zero attached hydrogens (tertiary/aromatic N) is 2. The van der Waals surface area contributed by atoms with Crippen LogP contribution in [-0.4, -0.2) is 23.6 Å². The minimum Gasteiger partial charge on any atom is -0.493 e. The van der Waals surface area contributed by atoms with E-state index < -0.39 is 0 Å². The number of aromatic nitrogens is 2. The van der Waals surface area contributed by atoms with Gasteiger partial charge in [-0.05, 0) is 37.6 Å². The van der Waals surface area contributed by atoms with Gasteiger partial charge >= 0.3 is 0 Å². The summed E-state index contributed by atoms with van der Waals surface area (Å²) in [7, 11) is 1.88. The summed E-state index contributed by atoms with van der Waals surface area (Å²) in [4.78, 5) is 8.99. The molecule has 0 amide bonds. The summed E-state index contributed by atoms with van der Waals surface area (Å²) in [5.41, 5.74) is 4.46. The van der Waals surface area contributed by atoms with Crippen LogP contribution in [0.5, 0.6) is 5.75 Å². The lowest BCUT2D eigenvalue weighted by molar-refractivity contribution is 0.357. The molecule has 1 aromatic heterocycles. The topological polar surface area (TPSA) is 47.0 Å². The van der Waals surface area contributed by atoms with Crippen molar-refractivity contribution in [2.45, 2.75) is 20.3 Å². The fourth-order valence-electron chi connectivity index (χ4n) is 2.49. The Bertz CT molecular complexity index is 638. The molecular formula is C15H17N3O. The summed E-state index contributed by atoms with van der Waals surface area (Å²) in [6.07, 6.45) is 0.977. The van der Waals surface area contributed by atoms with E-state index in [2.05, 4.69) is 27.4 Å². The zero-order valence-corrected chi connectivity index (χ0v) is 11.4. The Labute approximate surface area is 112 Å². The molecule has 0 radical (unpaired) electrons. The number of nitrogens with one attached hydrogen (secondary N) is 1. The number of benzene rings is 1. The van der Waals surface area contributed by atoms with Crippen molar-refractivity contribution < 1.29 is 4.74 Å². The molecule has 0 atom stereocenters. The molecule has 1 aliphatic heterocycles. The van der Waals surface area contributed by atoms with Crippen LogP contribution in [-0.2, 0) is 6.42 Å². The largest absolute Gasteiger partial charge is 0.493 e. The molecule has 1 N–H and O–H groups in total. The maximum atomic E-state index is 5.54. The predicted octanol–water partition coefficient (Wildman–Crippen LogP) is 2.74. The standard InChI is InChI=1S/C15H17N3O/c1-9-14(17-10(2)18-15(9)16-3)12-4-5-13-11(8-12)6-7-19-13/h4-5,8H,6-7H2,1-3H3,(H,16,17,18). The van der Waals surface area contributed by atoms with Crippen LogP contribution in [0.1, 0.15) is 17.0 Å². The summed E-state index contributed by atoms with van der Waals surface area (Å²) in [5, 5.41) is 3.12. The van der Waals surface area contributed by atoms with E-state index in [1.165, 1.54) is 5.56 Å². The van der Waals surface area contributed by atoms with Gasteiger partial charge < -0.3 is 10.1 Å². The lowest BCUT2D eigenvalue weighted by atomic mass is 10.0. The van der Waals surface area contributed by atoms with E-state index >= 15 is 0 Å². The third-order valence-electron chi connectivity index (χ3n) is 3.46. The number of ether oxygens (including phenoxy) is 1. The van der Waals surface area contributed by atoms with Gasteiger partial charge in [0.15, 0.2) is 0 Å². The Morgan fingerprint density at radius 3 is 2.84 bits per heavy atom. The molecule has 98 valence electrons. The molecule has 0 fully saturated rings. The zero-order chi connectivity index (χ0) is 13.4. The highest BCUT2D eigenvalue weighted by atomic mass is 16.5. The van der Waals surface area contributed by atoms with Crippen LogP contribution in [0.2, 0.25) is 0 Å². The van der Waals surface area contributed by atoms with E-state index in [0.717, 1.165) is 47.2 Å². The van der Waals surface area contributed by atoms with Crippen LogP contribution >= 0.6 is 0 Å². The van der Waals surface area contributed by atoms with E-state index in [9.17, 15) is 0 Å². The van der Waals surface area contributed by atoms with E-state index in [0.29, 0.717) is 0 Å². The maximum Gasteiger partial charge on any atom is 0.132 e. The molecule has 0 aliphatic carbocycles. The number of hydrogen-bond donors (Lipinski definition) is 1. The van der Waals surface area contributed by atoms with Crippen molar-refractivity contribution in [3.05, 3.63) is 35.2 Å². The molecule has 4 nitrogen and oxygen atoms in total. The van der Waals surface area contributed by atoms with Gasteiger partial charge in [0.1, 0.15) is 17.4 Å². The van der Waals surface area contributed by atoms with Crippen LogP contribution in [0.15, 0.2) is 18.2 Å². The third-order valence-corrected chi connectivity index (χ3v) is 3.46. The van der Waals surface area contributed by atoms with E-state index in [1.807, 2.05) is 27.0 Å². The Morgan fingerprint density at radius 2 is 2.05 bits per heavy atom. The van der Waals surface area contributed by atoms with Crippen LogP contribution in [0.25, 0.3) is 11.3 Å². The fourth-order valence-corrected chi connectivity index (χ4v) is 2.49. The van der Waals surface area contributed by atoms with Crippen LogP contribution in [0.4, 0.5) is 5.82 Å². The Hall–Kier alpha value is -2.10. The molecule has 0 saturated carbocycles. The van der Waals surface area contributed by atoms with Gasteiger partial charge in [0.2, 0.25) is 0 Å². The second kappa shape index (κ2) is 4.53. The minimum absolute atomic E-state index is 0.779. The van der Waals surface area contributed by atoms with Crippen molar-refractivity contribution in [2.75, 3.05) is 19.0 Å². The molecule has 2 heterocycles. The normalized spacial score (nSPS) is 13.0. The highest BCUT2D eigenvalue weighted by molar-refractivity contribution is 5.69. The zero-order valence-electron chi connectivity index (χ0n) is 11.4. The van der Waals surface area contributed by atoms with Crippen molar-refractivity contribution in [3.8, 4) is 17.0 Å². The van der Waals surface area contributed by atoms with E-state index in [-0.39, 0.29) is 0 Å². The Kier molecular flexibility index (Phi) is 2.85. The molecule has 4 heteroatoms. The first-order chi connectivity index (χ1) is 9.19. The Morgan fingerprint density at radius 1 is 1.21 bits per heavy atom. The molecule has 19 heavy (non-hydrogen) atoms. The first kappa shape index (κ1) is 12.0. The van der Waals surface area contributed by atoms with E-state index in [4.69, 9.17) is 4.74 Å². The third kappa shape index (κ3) is 2.03. The van der Waals surface area contributed by atoms with Gasteiger partial charge in [-0.15, -0.1) is 0 Å². The monoisotopic (exact) mass is 255 g/mol. The first-order valence-electron chi connectivity index (χ1n) is 6.48. The molecule has 3 rings (SSSR count). The second-order valence-electron chi connectivity index (χ2n) is 4.76. The number of rotatable bonds is 2. The average Bonchev–Trinajstić information content (AvgIpc) is 2.88. The van der Waals surface area contributed by atoms with Crippen LogP contribution < -0.4 is 10.1 Å². The van der Waals surface area contributed by atoms with Crippen molar-refractivity contribution in [1.82, 2.24) is 9.97 Å². The highest BCUT2D eigenvalue weighted by Crippen LogP contribution is 2.32. The number of fused-ring (bicyclic) bond motifs is 1. The van der Waals surface area contributed by atoms with Gasteiger partial charge in [-0.3, -0.25) is 0 Å². The molecule has 1 aliphatic rings. The highest BCUT2D eigenvalue weighted by Gasteiger charge is 2.15. The Balaban J connectivity index is 2.14. The van der Waals surface area contributed by atoms with Crippen molar-refractivity contribution in [2.24, 2.45) is 0 Å². The second-order valence-corrected chi connectivity index (χ2v) is 4.76. The van der Waals surface area contributed by atoms with Crippen molar-refractivity contribution in [1.29, 1.82) is 0 Å². The molecule has 0 saturated heterocycles. The lowest BCUT2D eigenvalue weighted by Gasteiger charge is -2.11. The smallest absolute Gasteiger partial charge is 0.132 e. The summed E-state index contributed by atoms with van der Waals surface area (Å²) in [6.45, 7) is 4.74.